The van der Waals surface area contributed by atoms with Crippen molar-refractivity contribution < 1.29 is 4.79 Å². The standard InChI is InChI=1S/C30H25N5O/c1-18-9-11-23-25(15-18)33-19(2)29(30(23)21-7-5-4-6-8-21)27-17-28(35(34-27)20(3)36)22-10-12-24-26(16-22)32-14-13-31-24/h4-16,28H,17H2,1-3H3. The second-order valence-corrected chi connectivity index (χ2v) is 9.27. The molecule has 1 amide bonds. The van der Waals surface area contributed by atoms with Gasteiger partial charge in [0.15, 0.2) is 0 Å². The van der Waals surface area contributed by atoms with E-state index in [0.29, 0.717) is 6.42 Å². The highest BCUT2D eigenvalue weighted by atomic mass is 16.2. The number of carbonyl (C=O) groups excluding carboxylic acids is 1. The number of hydrogen-bond donors (Lipinski definition) is 0. The highest BCUT2D eigenvalue weighted by Crippen LogP contribution is 2.39. The molecule has 0 radical (unpaired) electrons. The molecule has 176 valence electrons. The molecule has 6 heteroatoms. The van der Waals surface area contributed by atoms with Crippen LogP contribution in [-0.2, 0) is 4.79 Å². The average molecular weight is 472 g/mol. The van der Waals surface area contributed by atoms with Gasteiger partial charge in [-0.3, -0.25) is 19.7 Å². The maximum absolute atomic E-state index is 12.7. The van der Waals surface area contributed by atoms with Crippen molar-refractivity contribution in [3.05, 3.63) is 102 Å². The van der Waals surface area contributed by atoms with Crippen LogP contribution in [0.25, 0.3) is 33.1 Å². The van der Waals surface area contributed by atoms with Gasteiger partial charge in [-0.05, 0) is 48.7 Å². The Kier molecular flexibility index (Phi) is 5.29. The first-order chi connectivity index (χ1) is 17.5. The highest BCUT2D eigenvalue weighted by molar-refractivity contribution is 6.14. The minimum atomic E-state index is -0.222. The third kappa shape index (κ3) is 3.71. The van der Waals surface area contributed by atoms with Crippen molar-refractivity contribution >= 4 is 33.6 Å². The summed E-state index contributed by atoms with van der Waals surface area (Å²) >= 11 is 0. The number of aryl methyl sites for hydroxylation is 2. The molecule has 6 rings (SSSR count). The van der Waals surface area contributed by atoms with Gasteiger partial charge in [-0.1, -0.05) is 48.5 Å². The molecular formula is C30H25N5O. The van der Waals surface area contributed by atoms with Crippen LogP contribution in [0.3, 0.4) is 0 Å². The molecule has 1 atom stereocenters. The van der Waals surface area contributed by atoms with Crippen LogP contribution in [0.5, 0.6) is 0 Å². The highest BCUT2D eigenvalue weighted by Gasteiger charge is 2.34. The van der Waals surface area contributed by atoms with Gasteiger partial charge in [0.25, 0.3) is 0 Å². The molecule has 1 aliphatic heterocycles. The van der Waals surface area contributed by atoms with Crippen molar-refractivity contribution in [2.45, 2.75) is 33.2 Å². The molecule has 0 bridgehead atoms. The Morgan fingerprint density at radius 3 is 2.42 bits per heavy atom. The van der Waals surface area contributed by atoms with Crippen LogP contribution in [0.2, 0.25) is 0 Å². The summed E-state index contributed by atoms with van der Waals surface area (Å²) in [6.45, 7) is 5.67. The van der Waals surface area contributed by atoms with Crippen molar-refractivity contribution in [1.82, 2.24) is 20.0 Å². The summed E-state index contributed by atoms with van der Waals surface area (Å²) in [6.07, 6.45) is 3.96. The smallest absolute Gasteiger partial charge is 0.240 e. The van der Waals surface area contributed by atoms with Crippen LogP contribution in [0.4, 0.5) is 0 Å². The summed E-state index contributed by atoms with van der Waals surface area (Å²) in [6, 6.07) is 22.5. The second kappa shape index (κ2) is 8.64. The Labute approximate surface area is 209 Å². The van der Waals surface area contributed by atoms with E-state index in [9.17, 15) is 4.79 Å². The van der Waals surface area contributed by atoms with Gasteiger partial charge in [-0.2, -0.15) is 5.10 Å². The summed E-state index contributed by atoms with van der Waals surface area (Å²) in [5.41, 5.74) is 9.70. The Morgan fingerprint density at radius 2 is 1.64 bits per heavy atom. The molecule has 2 aromatic heterocycles. The molecule has 0 aliphatic carbocycles. The van der Waals surface area contributed by atoms with Crippen LogP contribution < -0.4 is 0 Å². The average Bonchev–Trinajstić information content (AvgIpc) is 3.33. The molecule has 3 heterocycles. The summed E-state index contributed by atoms with van der Waals surface area (Å²) in [5, 5.41) is 7.57. The zero-order chi connectivity index (χ0) is 24.8. The molecular weight excluding hydrogens is 446 g/mol. The third-order valence-corrected chi connectivity index (χ3v) is 6.78. The van der Waals surface area contributed by atoms with Gasteiger partial charge in [-0.15, -0.1) is 0 Å². The molecule has 1 unspecified atom stereocenters. The van der Waals surface area contributed by atoms with E-state index in [4.69, 9.17) is 10.1 Å². The number of rotatable bonds is 3. The van der Waals surface area contributed by atoms with Gasteiger partial charge in [0, 0.05) is 47.9 Å². The molecule has 1 aliphatic rings. The number of carbonyl (C=O) groups is 1. The maximum Gasteiger partial charge on any atom is 0.240 e. The van der Waals surface area contributed by atoms with Gasteiger partial charge < -0.3 is 0 Å². The number of fused-ring (bicyclic) bond motifs is 2. The first-order valence-corrected chi connectivity index (χ1v) is 12.0. The second-order valence-electron chi connectivity index (χ2n) is 9.27. The Balaban J connectivity index is 1.53. The van der Waals surface area contributed by atoms with Gasteiger partial charge in [0.2, 0.25) is 5.91 Å². The fraction of sp³-hybridized carbons (Fsp3) is 0.167. The number of pyridine rings is 1. The quantitative estimate of drug-likeness (QED) is 0.316. The lowest BCUT2D eigenvalue weighted by Gasteiger charge is -2.20. The molecule has 0 saturated carbocycles. The van der Waals surface area contributed by atoms with E-state index in [0.717, 1.165) is 55.6 Å². The summed E-state index contributed by atoms with van der Waals surface area (Å²) in [5.74, 6) is -0.0995. The molecule has 0 fully saturated rings. The fourth-order valence-corrected chi connectivity index (χ4v) is 5.15. The number of hydrazone groups is 1. The zero-order valence-corrected chi connectivity index (χ0v) is 20.4. The van der Waals surface area contributed by atoms with Crippen LogP contribution in [-0.4, -0.2) is 31.6 Å². The monoisotopic (exact) mass is 471 g/mol. The van der Waals surface area contributed by atoms with Gasteiger partial charge in [0.05, 0.1) is 28.3 Å². The van der Waals surface area contributed by atoms with Crippen molar-refractivity contribution in [1.29, 1.82) is 0 Å². The van der Waals surface area contributed by atoms with E-state index in [1.54, 1.807) is 24.3 Å². The summed E-state index contributed by atoms with van der Waals surface area (Å²) in [7, 11) is 0. The van der Waals surface area contributed by atoms with E-state index in [-0.39, 0.29) is 11.9 Å². The van der Waals surface area contributed by atoms with Crippen molar-refractivity contribution in [2.75, 3.05) is 0 Å². The molecule has 0 N–H and O–H groups in total. The molecule has 36 heavy (non-hydrogen) atoms. The fourth-order valence-electron chi connectivity index (χ4n) is 5.15. The topological polar surface area (TPSA) is 71.3 Å². The van der Waals surface area contributed by atoms with E-state index in [1.165, 1.54) is 5.56 Å². The third-order valence-electron chi connectivity index (χ3n) is 6.78. The largest absolute Gasteiger partial charge is 0.273 e. The first-order valence-electron chi connectivity index (χ1n) is 12.0. The maximum atomic E-state index is 12.7. The van der Waals surface area contributed by atoms with E-state index in [1.807, 2.05) is 43.3 Å². The van der Waals surface area contributed by atoms with E-state index < -0.39 is 0 Å². The van der Waals surface area contributed by atoms with Gasteiger partial charge in [0.1, 0.15) is 0 Å². The van der Waals surface area contributed by atoms with Crippen molar-refractivity contribution in [2.24, 2.45) is 5.10 Å². The number of aromatic nitrogens is 3. The summed E-state index contributed by atoms with van der Waals surface area (Å²) < 4.78 is 0. The molecule has 3 aromatic carbocycles. The Hall–Kier alpha value is -4.45. The van der Waals surface area contributed by atoms with E-state index in [2.05, 4.69) is 47.2 Å². The predicted octanol–water partition coefficient (Wildman–Crippen LogP) is 6.16. The lowest BCUT2D eigenvalue weighted by Crippen LogP contribution is -2.24. The van der Waals surface area contributed by atoms with Gasteiger partial charge in [-0.25, -0.2) is 5.01 Å². The molecule has 0 saturated heterocycles. The minimum absolute atomic E-state index is 0.0995. The van der Waals surface area contributed by atoms with Crippen LogP contribution in [0, 0.1) is 13.8 Å². The minimum Gasteiger partial charge on any atom is -0.273 e. The van der Waals surface area contributed by atoms with Crippen molar-refractivity contribution in [3.63, 3.8) is 0 Å². The van der Waals surface area contributed by atoms with Crippen LogP contribution in [0.1, 0.15) is 41.8 Å². The Bertz CT molecular complexity index is 1680. The molecule has 0 spiro atoms. The number of nitrogens with zero attached hydrogens (tertiary/aromatic N) is 5. The summed E-state index contributed by atoms with van der Waals surface area (Å²) in [4.78, 5) is 26.5. The van der Waals surface area contributed by atoms with Crippen LogP contribution >= 0.6 is 0 Å². The number of benzene rings is 3. The van der Waals surface area contributed by atoms with Crippen LogP contribution in [0.15, 0.2) is 84.2 Å². The first kappa shape index (κ1) is 22.0. The molecule has 6 nitrogen and oxygen atoms in total. The number of amides is 1. The SMILES string of the molecule is CC(=O)N1N=C(c2c(C)nc3cc(C)ccc3c2-c2ccccc2)CC1c1ccc2nccnc2c1. The lowest BCUT2D eigenvalue weighted by atomic mass is 9.89. The number of hydrogen-bond acceptors (Lipinski definition) is 5. The zero-order valence-electron chi connectivity index (χ0n) is 20.4. The predicted molar refractivity (Wildman–Crippen MR) is 143 cm³/mol. The lowest BCUT2D eigenvalue weighted by molar-refractivity contribution is -0.130. The van der Waals surface area contributed by atoms with Crippen molar-refractivity contribution in [3.8, 4) is 11.1 Å². The van der Waals surface area contributed by atoms with Gasteiger partial charge >= 0.3 is 0 Å². The Morgan fingerprint density at radius 1 is 0.861 bits per heavy atom. The normalized spacial score (nSPS) is 15.5. The van der Waals surface area contributed by atoms with E-state index >= 15 is 0 Å². The molecule has 5 aromatic rings.